The van der Waals surface area contributed by atoms with Crippen LogP contribution in [0.4, 0.5) is 68.2 Å². The van der Waals surface area contributed by atoms with Gasteiger partial charge in [-0.3, -0.25) is 0 Å². The first-order valence-electron chi connectivity index (χ1n) is 36.6. The molecule has 0 amide bonds. The number of fused-ring (bicyclic) bond motifs is 6. The van der Waals surface area contributed by atoms with E-state index >= 15 is 0 Å². The second kappa shape index (κ2) is 23.1. The van der Waals surface area contributed by atoms with Crippen LogP contribution in [0.25, 0.3) is 129 Å². The molecule has 0 aliphatic carbocycles. The SMILES string of the molecule is Clc1c(N(c2ccccc2)c2ccc3ccc4cccc5ccc2c3c45)cccc1N(c1ccccc1)c1ccc2ccc3cccc4ccc1c2c34.S=P12c3cc4ccc5cccc6ccc(c3N(c3ccccc3)c3cccc(c31)N(c1ccccc1)c1c2cc2ccc3cccc7ccc1c2c37)c4c56. The number of rotatable bonds is 8. The molecule has 0 unspecified atom stereocenters. The maximum absolute atomic E-state index is 7.82. The molecule has 22 aromatic carbocycles. The summed E-state index contributed by atoms with van der Waals surface area (Å²) in [7, 11) is 0. The summed E-state index contributed by atoms with van der Waals surface area (Å²) in [6, 6.07) is 130. The van der Waals surface area contributed by atoms with E-state index in [1.807, 2.05) is 0 Å². The van der Waals surface area contributed by atoms with Gasteiger partial charge < -0.3 is 19.6 Å². The predicted octanol–water partition coefficient (Wildman–Crippen LogP) is 27.9. The van der Waals surface area contributed by atoms with Crippen LogP contribution in [0.5, 0.6) is 0 Å². The van der Waals surface area contributed by atoms with E-state index in [9.17, 15) is 0 Å². The van der Waals surface area contributed by atoms with Crippen molar-refractivity contribution in [2.75, 3.05) is 19.6 Å². The highest BCUT2D eigenvalue weighted by Crippen LogP contribution is 2.65. The number of anilines is 12. The fraction of sp³-hybridized carbons (Fsp3) is 0. The Balaban J connectivity index is 0.000000130. The summed E-state index contributed by atoms with van der Waals surface area (Å²) in [4.78, 5) is 9.68. The Kier molecular flexibility index (Phi) is 13.1. The lowest BCUT2D eigenvalue weighted by molar-refractivity contribution is 1.26. The van der Waals surface area contributed by atoms with Gasteiger partial charge in [-0.25, -0.2) is 0 Å². The van der Waals surface area contributed by atoms with Crippen LogP contribution in [0.15, 0.2) is 364 Å². The number of halogens is 1. The Labute approximate surface area is 626 Å². The van der Waals surface area contributed by atoms with E-state index in [0.29, 0.717) is 5.02 Å². The molecule has 0 aromatic heterocycles. The molecule has 498 valence electrons. The number of para-hydroxylation sites is 4. The van der Waals surface area contributed by atoms with Crippen molar-refractivity contribution in [2.24, 2.45) is 0 Å². The highest BCUT2D eigenvalue weighted by atomic mass is 35.5. The molecule has 2 aliphatic heterocycles. The third-order valence-corrected chi connectivity index (χ3v) is 28.3. The summed E-state index contributed by atoms with van der Waals surface area (Å²) >= 11 is 15.4. The summed E-state index contributed by atoms with van der Waals surface area (Å²) in [5.74, 6) is 0. The highest BCUT2D eigenvalue weighted by Gasteiger charge is 2.47. The number of hydrogen-bond donors (Lipinski definition) is 0. The quantitative estimate of drug-likeness (QED) is 0.111. The maximum Gasteiger partial charge on any atom is 0.0887 e. The van der Waals surface area contributed by atoms with E-state index in [-0.39, 0.29) is 0 Å². The summed E-state index contributed by atoms with van der Waals surface area (Å²) in [6.45, 7) is 0. The Bertz CT molecular complexity index is 6960. The summed E-state index contributed by atoms with van der Waals surface area (Å²) in [5, 5.41) is 34.7. The minimum absolute atomic E-state index is 0.664. The van der Waals surface area contributed by atoms with Crippen molar-refractivity contribution >= 4 is 243 Å². The van der Waals surface area contributed by atoms with E-state index in [1.165, 1.54) is 168 Å². The van der Waals surface area contributed by atoms with Crippen molar-refractivity contribution in [1.82, 2.24) is 0 Å². The van der Waals surface area contributed by atoms with Crippen LogP contribution in [-0.2, 0) is 11.8 Å². The molecule has 2 aliphatic rings. The first-order valence-corrected chi connectivity index (χ1v) is 39.8. The van der Waals surface area contributed by atoms with Gasteiger partial charge >= 0.3 is 0 Å². The molecule has 0 atom stereocenters. The fourth-order valence-corrected chi connectivity index (χ4v) is 23.8. The molecule has 4 nitrogen and oxygen atoms in total. The molecule has 2 heterocycles. The van der Waals surface area contributed by atoms with E-state index in [2.05, 4.69) is 384 Å². The number of hydrogen-bond acceptors (Lipinski definition) is 5. The lowest BCUT2D eigenvalue weighted by Crippen LogP contribution is -2.43. The molecule has 0 saturated carbocycles. The molecule has 24 rings (SSSR count). The van der Waals surface area contributed by atoms with Gasteiger partial charge in [0, 0.05) is 66.2 Å². The Morgan fingerprint density at radius 2 is 0.523 bits per heavy atom. The molecule has 0 spiro atoms. The van der Waals surface area contributed by atoms with Gasteiger partial charge in [0.05, 0.1) is 50.5 Å². The molecule has 0 fully saturated rings. The zero-order valence-corrected chi connectivity index (χ0v) is 60.1. The molecule has 22 aromatic rings. The van der Waals surface area contributed by atoms with E-state index < -0.39 is 6.04 Å². The van der Waals surface area contributed by atoms with Crippen molar-refractivity contribution in [3.8, 4) is 0 Å². The minimum atomic E-state index is -2.72. The lowest BCUT2D eigenvalue weighted by Gasteiger charge is -2.47. The van der Waals surface area contributed by atoms with Gasteiger partial charge in [-0.05, 0) is 205 Å². The summed E-state index contributed by atoms with van der Waals surface area (Å²) in [5.41, 5.74) is 13.1. The third-order valence-electron chi connectivity index (χ3n) is 23.1. The molecule has 0 N–H and O–H groups in total. The standard InChI is InChI=1S/C50H31ClN2.C50H29N2PS/c51-50-44(52(38-14-3-1-4-15-38)42-30-26-36-22-20-32-10-7-12-34-24-28-40(42)48(36)46(32)34)18-9-19-45(50)53(39-16-5-2-6-17-39)43-31-27-37-23-21-33-11-8-13-35-25-29-41(43)49(37)47(33)35;54-53-42-28-34-22-20-30-10-7-12-32-24-26-38(46(34)44(30)32)48(42)51(36-14-3-1-4-15-36)40-18-9-19-41(50(40)53)52(37-16-5-2-6-17-37)49-39-27-25-33-13-8-11-31-21-23-35(29-43(49)53)47(39)45(31)33/h1-31H;1-29H. The second-order valence-corrected chi connectivity index (χ2v) is 33.3. The Morgan fingerprint density at radius 3 is 0.888 bits per heavy atom. The van der Waals surface area contributed by atoms with Gasteiger partial charge in [0.1, 0.15) is 0 Å². The smallest absolute Gasteiger partial charge is 0.0887 e. The van der Waals surface area contributed by atoms with Gasteiger partial charge in [0.2, 0.25) is 0 Å². The number of benzene rings is 22. The van der Waals surface area contributed by atoms with Crippen LogP contribution in [0.1, 0.15) is 0 Å². The van der Waals surface area contributed by atoms with Crippen LogP contribution in [0.3, 0.4) is 0 Å². The number of nitrogens with zero attached hydrogens (tertiary/aromatic N) is 4. The van der Waals surface area contributed by atoms with Gasteiger partial charge in [0.15, 0.2) is 0 Å². The summed E-state index contributed by atoms with van der Waals surface area (Å²) in [6.07, 6.45) is 0. The molecule has 107 heavy (non-hydrogen) atoms. The molecule has 0 bridgehead atoms. The lowest BCUT2D eigenvalue weighted by atomic mass is 9.92. The maximum atomic E-state index is 7.82. The van der Waals surface area contributed by atoms with Gasteiger partial charge in [-0.2, -0.15) is 0 Å². The molecular formula is C100H60ClN4PS. The van der Waals surface area contributed by atoms with Crippen molar-refractivity contribution in [2.45, 2.75) is 0 Å². The monoisotopic (exact) mass is 1410 g/mol. The van der Waals surface area contributed by atoms with Crippen molar-refractivity contribution in [3.05, 3.63) is 369 Å². The van der Waals surface area contributed by atoms with E-state index in [0.717, 1.165) is 45.5 Å². The molecule has 0 saturated heterocycles. The molecular weight excluding hydrogens is 1360 g/mol. The van der Waals surface area contributed by atoms with Crippen LogP contribution >= 0.6 is 17.6 Å². The molecule has 0 radical (unpaired) electrons. The first-order chi connectivity index (χ1) is 52.9. The average Bonchev–Trinajstić information content (AvgIpc) is 0.664. The van der Waals surface area contributed by atoms with Gasteiger partial charge in [0.25, 0.3) is 0 Å². The largest absolute Gasteiger partial charge is 0.308 e. The van der Waals surface area contributed by atoms with Gasteiger partial charge in [-0.1, -0.05) is 290 Å². The Morgan fingerprint density at radius 1 is 0.243 bits per heavy atom. The zero-order valence-electron chi connectivity index (χ0n) is 57.7. The third kappa shape index (κ3) is 8.65. The van der Waals surface area contributed by atoms with Gasteiger partial charge in [-0.15, -0.1) is 0 Å². The summed E-state index contributed by atoms with van der Waals surface area (Å²) < 4.78 is 0. The van der Waals surface area contributed by atoms with E-state index in [1.54, 1.807) is 0 Å². The first kappa shape index (κ1) is 60.5. The normalized spacial score (nSPS) is 13.2. The second-order valence-electron chi connectivity index (χ2n) is 28.6. The average molecular weight is 1420 g/mol. The molecule has 7 heteroatoms. The van der Waals surface area contributed by atoms with E-state index in [4.69, 9.17) is 23.4 Å². The minimum Gasteiger partial charge on any atom is -0.308 e. The van der Waals surface area contributed by atoms with Crippen molar-refractivity contribution in [1.29, 1.82) is 0 Å². The predicted molar refractivity (Wildman–Crippen MR) is 465 cm³/mol. The highest BCUT2D eigenvalue weighted by molar-refractivity contribution is 8.26. The Hall–Kier alpha value is -12.9. The topological polar surface area (TPSA) is 13.0 Å². The van der Waals surface area contributed by atoms with Crippen LogP contribution in [-0.4, -0.2) is 0 Å². The van der Waals surface area contributed by atoms with Crippen molar-refractivity contribution in [3.63, 3.8) is 0 Å². The van der Waals surface area contributed by atoms with Crippen LogP contribution in [0.2, 0.25) is 5.02 Å². The van der Waals surface area contributed by atoms with Crippen LogP contribution in [0, 0.1) is 0 Å². The fourth-order valence-electron chi connectivity index (χ4n) is 18.7. The zero-order chi connectivity index (χ0) is 70.3. The van der Waals surface area contributed by atoms with Crippen molar-refractivity contribution < 1.29 is 0 Å². The van der Waals surface area contributed by atoms with Crippen LogP contribution < -0.4 is 35.5 Å².